The lowest BCUT2D eigenvalue weighted by molar-refractivity contribution is 0.365. The molecule has 0 aliphatic carbocycles. The average molecular weight is 222 g/mol. The third-order valence-electron chi connectivity index (χ3n) is 2.09. The Hall–Kier alpha value is 0.440. The second kappa shape index (κ2) is 6.01. The lowest BCUT2D eigenvalue weighted by Crippen LogP contribution is -2.22. The van der Waals surface area contributed by atoms with Crippen molar-refractivity contribution >= 4 is 16.1 Å². The smallest absolute Gasteiger partial charge is 0.0149 e. The van der Waals surface area contributed by atoms with Crippen molar-refractivity contribution in [2.75, 3.05) is 6.54 Å². The first-order chi connectivity index (χ1) is 5.07. The molecule has 0 aliphatic rings. The van der Waals surface area contributed by atoms with E-state index in [1.54, 1.807) is 0 Å². The fourth-order valence-electron chi connectivity index (χ4n) is 0.806. The van der Waals surface area contributed by atoms with E-state index in [1.165, 1.54) is 12.8 Å². The molecule has 0 aliphatic heterocycles. The van der Waals surface area contributed by atoms with E-state index < -0.39 is 0 Å². The van der Waals surface area contributed by atoms with E-state index in [0.29, 0.717) is 6.04 Å². The number of rotatable bonds is 5. The number of hydrogen-bond donors (Lipinski definition) is 0. The van der Waals surface area contributed by atoms with Crippen molar-refractivity contribution < 1.29 is 0 Å². The highest BCUT2D eigenvalue weighted by Crippen LogP contribution is 2.12. The summed E-state index contributed by atoms with van der Waals surface area (Å²) in [5, 5.41) is 0. The van der Waals surface area contributed by atoms with Crippen molar-refractivity contribution in [3.63, 3.8) is 0 Å². The highest BCUT2D eigenvalue weighted by Gasteiger charge is 2.06. The van der Waals surface area contributed by atoms with Crippen LogP contribution >= 0.6 is 16.1 Å². The van der Waals surface area contributed by atoms with Gasteiger partial charge in [0, 0.05) is 28.7 Å². The van der Waals surface area contributed by atoms with Crippen molar-refractivity contribution in [1.29, 1.82) is 0 Å². The Morgan fingerprint density at radius 1 is 1.27 bits per heavy atom. The molecular weight excluding hydrogens is 202 g/mol. The second-order valence-corrected chi connectivity index (χ2v) is 4.43. The van der Waals surface area contributed by atoms with Gasteiger partial charge in [0.25, 0.3) is 0 Å². The number of hydrogen-bond acceptors (Lipinski definition) is 1. The number of nitrogens with zero attached hydrogens (tertiary/aromatic N) is 1. The molecule has 0 rings (SSSR count). The monoisotopic (exact) mass is 221 g/mol. The predicted octanol–water partition coefficient (Wildman–Crippen LogP) is 3.44. The van der Waals surface area contributed by atoms with Gasteiger partial charge in [0.1, 0.15) is 0 Å². The van der Waals surface area contributed by atoms with Crippen molar-refractivity contribution in [3.8, 4) is 0 Å². The van der Waals surface area contributed by atoms with Gasteiger partial charge in [0.15, 0.2) is 0 Å². The van der Waals surface area contributed by atoms with Gasteiger partial charge in [-0.15, -0.1) is 0 Å². The molecule has 0 N–H and O–H groups in total. The van der Waals surface area contributed by atoms with E-state index in [0.717, 1.165) is 12.5 Å². The minimum atomic E-state index is 0.610. The van der Waals surface area contributed by atoms with Gasteiger partial charge in [-0.25, -0.2) is 3.93 Å². The summed E-state index contributed by atoms with van der Waals surface area (Å²) in [7, 11) is 0. The lowest BCUT2D eigenvalue weighted by Gasteiger charge is -2.19. The van der Waals surface area contributed by atoms with Crippen molar-refractivity contribution in [2.24, 2.45) is 5.92 Å². The minimum Gasteiger partial charge on any atom is -0.240 e. The summed E-state index contributed by atoms with van der Waals surface area (Å²) < 4.78 is 2.22. The van der Waals surface area contributed by atoms with E-state index in [9.17, 15) is 0 Å². The molecule has 0 saturated heterocycles. The van der Waals surface area contributed by atoms with E-state index in [4.69, 9.17) is 0 Å². The van der Waals surface area contributed by atoms with Gasteiger partial charge in [0.05, 0.1) is 0 Å². The van der Waals surface area contributed by atoms with Crippen LogP contribution in [0.2, 0.25) is 0 Å². The summed E-state index contributed by atoms with van der Waals surface area (Å²) >= 11 is 3.53. The zero-order chi connectivity index (χ0) is 8.85. The molecule has 0 aromatic carbocycles. The summed E-state index contributed by atoms with van der Waals surface area (Å²) in [6.45, 7) is 10.1. The predicted molar refractivity (Wildman–Crippen MR) is 54.8 cm³/mol. The minimum absolute atomic E-state index is 0.610. The molecule has 0 spiro atoms. The Labute approximate surface area is 79.5 Å². The second-order valence-electron chi connectivity index (χ2n) is 3.52. The first kappa shape index (κ1) is 11.4. The lowest BCUT2D eigenvalue weighted by atomic mass is 10.1. The zero-order valence-corrected chi connectivity index (χ0v) is 9.69. The summed E-state index contributed by atoms with van der Waals surface area (Å²) in [4.78, 5) is 0. The SMILES string of the molecule is CCC(C)CCN(Br)C(C)C. The van der Waals surface area contributed by atoms with Crippen LogP contribution in [0.25, 0.3) is 0 Å². The van der Waals surface area contributed by atoms with Crippen LogP contribution in [0.5, 0.6) is 0 Å². The Bertz CT molecular complexity index is 93.6. The van der Waals surface area contributed by atoms with Crippen LogP contribution in [0.3, 0.4) is 0 Å². The Morgan fingerprint density at radius 2 is 1.82 bits per heavy atom. The molecule has 0 aromatic rings. The fraction of sp³-hybridized carbons (Fsp3) is 1.00. The van der Waals surface area contributed by atoms with Gasteiger partial charge in [-0.1, -0.05) is 20.3 Å². The Kier molecular flexibility index (Phi) is 6.25. The molecule has 0 amide bonds. The van der Waals surface area contributed by atoms with E-state index in [2.05, 4.69) is 47.8 Å². The van der Waals surface area contributed by atoms with Crippen LogP contribution < -0.4 is 0 Å². The van der Waals surface area contributed by atoms with Crippen molar-refractivity contribution in [2.45, 2.75) is 46.6 Å². The Balaban J connectivity index is 3.37. The highest BCUT2D eigenvalue weighted by atomic mass is 79.9. The van der Waals surface area contributed by atoms with E-state index >= 15 is 0 Å². The summed E-state index contributed by atoms with van der Waals surface area (Å²) in [6.07, 6.45) is 2.58. The maximum absolute atomic E-state index is 3.53. The maximum Gasteiger partial charge on any atom is 0.0149 e. The van der Waals surface area contributed by atoms with Crippen LogP contribution in [-0.4, -0.2) is 16.5 Å². The molecule has 0 heterocycles. The average Bonchev–Trinajstić information content (AvgIpc) is 1.99. The van der Waals surface area contributed by atoms with Gasteiger partial charge in [-0.3, -0.25) is 0 Å². The normalized spacial score (nSPS) is 14.5. The molecule has 0 radical (unpaired) electrons. The molecule has 0 saturated carbocycles. The maximum atomic E-state index is 3.53. The molecule has 1 unspecified atom stereocenters. The number of halogens is 1. The first-order valence-corrected chi connectivity index (χ1v) is 5.21. The molecule has 0 aromatic heterocycles. The third kappa shape index (κ3) is 5.68. The standard InChI is InChI=1S/C9H20BrN/c1-5-9(4)6-7-11(10)8(2)3/h8-9H,5-7H2,1-4H3. The molecule has 1 atom stereocenters. The van der Waals surface area contributed by atoms with Gasteiger partial charge >= 0.3 is 0 Å². The van der Waals surface area contributed by atoms with Crippen LogP contribution in [0.4, 0.5) is 0 Å². The van der Waals surface area contributed by atoms with E-state index in [1.807, 2.05) is 0 Å². The van der Waals surface area contributed by atoms with Crippen molar-refractivity contribution in [1.82, 2.24) is 3.93 Å². The molecule has 11 heavy (non-hydrogen) atoms. The summed E-state index contributed by atoms with van der Waals surface area (Å²) in [6, 6.07) is 0.610. The third-order valence-corrected chi connectivity index (χ3v) is 3.27. The fourth-order valence-corrected chi connectivity index (χ4v) is 1.01. The largest absolute Gasteiger partial charge is 0.240 e. The molecule has 1 nitrogen and oxygen atoms in total. The summed E-state index contributed by atoms with van der Waals surface area (Å²) in [5.41, 5.74) is 0. The Morgan fingerprint density at radius 3 is 2.18 bits per heavy atom. The van der Waals surface area contributed by atoms with Crippen LogP contribution in [-0.2, 0) is 0 Å². The van der Waals surface area contributed by atoms with Gasteiger partial charge < -0.3 is 0 Å². The topological polar surface area (TPSA) is 3.24 Å². The first-order valence-electron chi connectivity index (χ1n) is 4.50. The van der Waals surface area contributed by atoms with Gasteiger partial charge in [-0.05, 0) is 26.2 Å². The van der Waals surface area contributed by atoms with Gasteiger partial charge in [-0.2, -0.15) is 0 Å². The molecule has 2 heteroatoms. The van der Waals surface area contributed by atoms with Crippen LogP contribution in [0, 0.1) is 5.92 Å². The molecular formula is C9H20BrN. The zero-order valence-electron chi connectivity index (χ0n) is 8.10. The van der Waals surface area contributed by atoms with Crippen LogP contribution in [0.15, 0.2) is 0 Å². The molecule has 0 fully saturated rings. The molecule has 68 valence electrons. The van der Waals surface area contributed by atoms with Gasteiger partial charge in [0.2, 0.25) is 0 Å². The van der Waals surface area contributed by atoms with E-state index in [-0.39, 0.29) is 0 Å². The summed E-state index contributed by atoms with van der Waals surface area (Å²) in [5.74, 6) is 0.855. The van der Waals surface area contributed by atoms with Crippen molar-refractivity contribution in [3.05, 3.63) is 0 Å². The molecule has 0 bridgehead atoms. The highest BCUT2D eigenvalue weighted by molar-refractivity contribution is 9.07. The van der Waals surface area contributed by atoms with Crippen LogP contribution in [0.1, 0.15) is 40.5 Å². The quantitative estimate of drug-likeness (QED) is 0.644.